The third-order valence-corrected chi connectivity index (χ3v) is 8.59. The van der Waals surface area contributed by atoms with E-state index >= 15 is 0 Å². The molecular formula is C24H25ClF3N2O2S2. The average molecular weight is 530 g/mol. The molecule has 3 rings (SSSR count). The Morgan fingerprint density at radius 1 is 1.06 bits per heavy atom. The van der Waals surface area contributed by atoms with Crippen molar-refractivity contribution in [3.63, 3.8) is 0 Å². The van der Waals surface area contributed by atoms with Crippen LogP contribution in [-0.4, -0.2) is 21.5 Å². The zero-order chi connectivity index (χ0) is 24.9. The number of benzene rings is 2. The van der Waals surface area contributed by atoms with Crippen molar-refractivity contribution < 1.29 is 21.6 Å². The molecule has 2 atom stereocenters. The van der Waals surface area contributed by atoms with Crippen LogP contribution in [-0.2, 0) is 22.6 Å². The Balaban J connectivity index is 1.70. The number of likely N-dealkylation sites (N-methyl/N-ethyl adjacent to an activating group) is 1. The van der Waals surface area contributed by atoms with Gasteiger partial charge in [0, 0.05) is 29.4 Å². The lowest BCUT2D eigenvalue weighted by Gasteiger charge is -2.17. The first-order valence-corrected chi connectivity index (χ1v) is 13.3. The molecule has 2 aromatic carbocycles. The maximum absolute atomic E-state index is 13.1. The van der Waals surface area contributed by atoms with Crippen molar-refractivity contribution in [3.05, 3.63) is 87.3 Å². The monoisotopic (exact) mass is 529 g/mol. The number of nitrogens with zero attached hydrogens (tertiary/aromatic N) is 1. The van der Waals surface area contributed by atoms with Crippen LogP contribution in [0.15, 0.2) is 64.9 Å². The fourth-order valence-electron chi connectivity index (χ4n) is 3.45. The molecule has 183 valence electrons. The number of hydrogen-bond acceptors (Lipinski definition) is 3. The first-order valence-electron chi connectivity index (χ1n) is 10.7. The molecule has 0 saturated heterocycles. The second-order valence-corrected chi connectivity index (χ2v) is 11.5. The van der Waals surface area contributed by atoms with Crippen LogP contribution >= 0.6 is 22.9 Å². The SMILES string of the molecule is CC[N]C(Cc1ccc(S(=O)(=O)NCC(C)c2ccc(Cl)cc2)s1)c1cccc(C(F)(F)F)c1. The summed E-state index contributed by atoms with van der Waals surface area (Å²) in [6.07, 6.45) is -4.12. The Kier molecular flexibility index (Phi) is 8.81. The van der Waals surface area contributed by atoms with Gasteiger partial charge in [0.2, 0.25) is 10.0 Å². The Hall–Kier alpha value is -1.91. The molecule has 0 aliphatic carbocycles. The fourth-order valence-corrected chi connectivity index (χ4v) is 6.14. The quantitative estimate of drug-likeness (QED) is 0.330. The fraction of sp³-hybridized carbons (Fsp3) is 0.333. The molecule has 0 spiro atoms. The molecule has 1 aromatic heterocycles. The van der Waals surface area contributed by atoms with Crippen molar-refractivity contribution >= 4 is 33.0 Å². The number of rotatable bonds is 10. The average Bonchev–Trinajstić information content (AvgIpc) is 3.27. The number of sulfonamides is 1. The third-order valence-electron chi connectivity index (χ3n) is 5.32. The van der Waals surface area contributed by atoms with E-state index in [0.717, 1.165) is 33.9 Å². The molecule has 1 N–H and O–H groups in total. The molecule has 0 aliphatic rings. The number of halogens is 4. The van der Waals surface area contributed by atoms with Gasteiger partial charge in [-0.2, -0.15) is 13.2 Å². The molecule has 34 heavy (non-hydrogen) atoms. The van der Waals surface area contributed by atoms with E-state index in [9.17, 15) is 21.6 Å². The molecule has 0 fully saturated rings. The lowest BCUT2D eigenvalue weighted by molar-refractivity contribution is -0.137. The minimum Gasteiger partial charge on any atom is -0.234 e. The summed E-state index contributed by atoms with van der Waals surface area (Å²) < 4.78 is 67.8. The molecule has 10 heteroatoms. The second kappa shape index (κ2) is 11.2. The lowest BCUT2D eigenvalue weighted by atomic mass is 10.0. The van der Waals surface area contributed by atoms with Gasteiger partial charge in [0.05, 0.1) is 11.6 Å². The van der Waals surface area contributed by atoms with E-state index in [-0.39, 0.29) is 16.7 Å². The number of nitrogens with one attached hydrogen (secondary N) is 1. The Morgan fingerprint density at radius 3 is 2.41 bits per heavy atom. The van der Waals surface area contributed by atoms with Gasteiger partial charge >= 0.3 is 6.18 Å². The molecule has 2 unspecified atom stereocenters. The van der Waals surface area contributed by atoms with Crippen molar-refractivity contribution in [1.29, 1.82) is 0 Å². The van der Waals surface area contributed by atoms with Gasteiger partial charge in [0.25, 0.3) is 0 Å². The van der Waals surface area contributed by atoms with Gasteiger partial charge in [0.15, 0.2) is 0 Å². The van der Waals surface area contributed by atoms with Crippen LogP contribution in [0.1, 0.15) is 47.4 Å². The molecule has 0 saturated carbocycles. The van der Waals surface area contributed by atoms with Crippen LogP contribution in [0, 0.1) is 0 Å². The highest BCUT2D eigenvalue weighted by molar-refractivity contribution is 7.91. The van der Waals surface area contributed by atoms with E-state index in [0.29, 0.717) is 23.6 Å². The van der Waals surface area contributed by atoms with Crippen molar-refractivity contribution in [1.82, 2.24) is 10.0 Å². The zero-order valence-electron chi connectivity index (χ0n) is 18.6. The summed E-state index contributed by atoms with van der Waals surface area (Å²) in [7, 11) is -3.73. The minimum atomic E-state index is -4.44. The van der Waals surface area contributed by atoms with Gasteiger partial charge in [-0.3, -0.25) is 0 Å². The summed E-state index contributed by atoms with van der Waals surface area (Å²) >= 11 is 7.00. The topological polar surface area (TPSA) is 60.3 Å². The molecule has 0 bridgehead atoms. The van der Waals surface area contributed by atoms with Gasteiger partial charge < -0.3 is 0 Å². The minimum absolute atomic E-state index is 0.0554. The van der Waals surface area contributed by atoms with Crippen LogP contribution in [0.4, 0.5) is 13.2 Å². The van der Waals surface area contributed by atoms with Crippen molar-refractivity contribution in [2.24, 2.45) is 0 Å². The predicted molar refractivity (Wildman–Crippen MR) is 130 cm³/mol. The lowest BCUT2D eigenvalue weighted by Crippen LogP contribution is -2.27. The summed E-state index contributed by atoms with van der Waals surface area (Å²) in [5.41, 5.74) is 0.684. The van der Waals surface area contributed by atoms with Gasteiger partial charge in [-0.1, -0.05) is 49.7 Å². The molecular weight excluding hydrogens is 505 g/mol. The van der Waals surface area contributed by atoms with Crippen molar-refractivity contribution in [3.8, 4) is 0 Å². The van der Waals surface area contributed by atoms with Gasteiger partial charge in [-0.15, -0.1) is 11.3 Å². The number of hydrogen-bond donors (Lipinski definition) is 1. The second-order valence-electron chi connectivity index (χ2n) is 7.87. The highest BCUT2D eigenvalue weighted by Gasteiger charge is 2.31. The largest absolute Gasteiger partial charge is 0.416 e. The van der Waals surface area contributed by atoms with Crippen molar-refractivity contribution in [2.75, 3.05) is 13.1 Å². The van der Waals surface area contributed by atoms with Crippen LogP contribution < -0.4 is 10.0 Å². The molecule has 0 aliphatic heterocycles. The molecule has 0 amide bonds. The van der Waals surface area contributed by atoms with Crippen LogP contribution in [0.2, 0.25) is 5.02 Å². The highest BCUT2D eigenvalue weighted by Crippen LogP contribution is 2.33. The molecule has 4 nitrogen and oxygen atoms in total. The maximum Gasteiger partial charge on any atom is 0.416 e. The molecule has 1 radical (unpaired) electrons. The molecule has 1 heterocycles. The summed E-state index contributed by atoms with van der Waals surface area (Å²) in [5, 5.41) is 5.06. The summed E-state index contributed by atoms with van der Waals surface area (Å²) in [5.74, 6) is -0.0554. The number of thiophene rings is 1. The van der Waals surface area contributed by atoms with Crippen LogP contribution in [0.5, 0.6) is 0 Å². The normalized spacial score (nSPS) is 14.2. The molecule has 3 aromatic rings. The Bertz CT molecular complexity index is 1200. The van der Waals surface area contributed by atoms with Gasteiger partial charge in [0.1, 0.15) is 4.21 Å². The van der Waals surface area contributed by atoms with Gasteiger partial charge in [-0.05, 0) is 53.4 Å². The highest BCUT2D eigenvalue weighted by atomic mass is 35.5. The van der Waals surface area contributed by atoms with E-state index in [2.05, 4.69) is 10.0 Å². The summed E-state index contributed by atoms with van der Waals surface area (Å²) in [6, 6.07) is 15.1. The van der Waals surface area contributed by atoms with Crippen molar-refractivity contribution in [2.45, 2.75) is 42.6 Å². The Labute approximate surface area is 207 Å². The smallest absolute Gasteiger partial charge is 0.234 e. The van der Waals surface area contributed by atoms with E-state index in [1.807, 2.05) is 26.0 Å². The van der Waals surface area contributed by atoms with E-state index in [1.54, 1.807) is 24.3 Å². The van der Waals surface area contributed by atoms with E-state index < -0.39 is 27.8 Å². The van der Waals surface area contributed by atoms with Crippen LogP contribution in [0.25, 0.3) is 0 Å². The van der Waals surface area contributed by atoms with E-state index in [1.165, 1.54) is 12.1 Å². The predicted octanol–water partition coefficient (Wildman–Crippen LogP) is 6.41. The van der Waals surface area contributed by atoms with Gasteiger partial charge in [-0.25, -0.2) is 18.5 Å². The maximum atomic E-state index is 13.1. The Morgan fingerprint density at radius 2 is 1.76 bits per heavy atom. The first-order chi connectivity index (χ1) is 16.0. The number of alkyl halides is 3. The van der Waals surface area contributed by atoms with E-state index in [4.69, 9.17) is 11.6 Å². The van der Waals surface area contributed by atoms with Crippen LogP contribution in [0.3, 0.4) is 0 Å². The first kappa shape index (κ1) is 26.7. The standard InChI is InChI=1S/C24H25ClF3N2O2S2/c1-3-29-22(18-5-4-6-19(13-18)24(26,27)28)14-21-11-12-23(33-21)34(31,32)30-15-16(2)17-7-9-20(25)10-8-17/h4-13,16,22,30H,3,14-15H2,1-2H3. The third kappa shape index (κ3) is 7.05. The zero-order valence-corrected chi connectivity index (χ0v) is 21.0. The summed E-state index contributed by atoms with van der Waals surface area (Å²) in [6.45, 7) is 4.38. The summed E-state index contributed by atoms with van der Waals surface area (Å²) in [4.78, 5) is 0.728.